The summed E-state index contributed by atoms with van der Waals surface area (Å²) in [6, 6.07) is 9.04. The van der Waals surface area contributed by atoms with E-state index in [1.165, 1.54) is 0 Å². The number of nitrogens with two attached hydrogens (primary N) is 1. The van der Waals surface area contributed by atoms with E-state index in [2.05, 4.69) is 15.6 Å². The second-order valence-corrected chi connectivity index (χ2v) is 7.14. The number of aromatic nitrogens is 1. The molecule has 0 spiro atoms. The molecule has 0 radical (unpaired) electrons. The number of hydrogen-bond acceptors (Lipinski definition) is 5. The van der Waals surface area contributed by atoms with Crippen molar-refractivity contribution in [3.63, 3.8) is 0 Å². The van der Waals surface area contributed by atoms with Gasteiger partial charge < -0.3 is 21.5 Å². The number of pyridine rings is 1. The number of hydrogen-bond donors (Lipinski definition) is 4. The van der Waals surface area contributed by atoms with Crippen molar-refractivity contribution in [2.24, 2.45) is 0 Å². The van der Waals surface area contributed by atoms with Crippen LogP contribution in [0.5, 0.6) is 0 Å². The number of halogens is 2. The van der Waals surface area contributed by atoms with Crippen molar-refractivity contribution in [2.45, 2.75) is 20.0 Å². The van der Waals surface area contributed by atoms with E-state index < -0.39 is 23.6 Å². The van der Waals surface area contributed by atoms with Gasteiger partial charge >= 0.3 is 0 Å². The number of rotatable bonds is 6. The molecule has 0 saturated carbocycles. The van der Waals surface area contributed by atoms with Crippen molar-refractivity contribution in [1.82, 2.24) is 10.3 Å². The maximum absolute atomic E-state index is 13.4. The van der Waals surface area contributed by atoms with Gasteiger partial charge in [-0.3, -0.25) is 9.59 Å². The maximum atomic E-state index is 13.4. The number of nitrogen functional groups attached to an aromatic ring is 1. The number of nitrogens with one attached hydrogen (secondary N) is 2. The normalized spacial score (nSPS) is 11.7. The second-order valence-electron chi connectivity index (χ2n) is 7.14. The fourth-order valence-electron chi connectivity index (χ4n) is 3.22. The summed E-state index contributed by atoms with van der Waals surface area (Å²) in [5.41, 5.74) is 8.42. The van der Waals surface area contributed by atoms with Crippen LogP contribution in [0.4, 0.5) is 20.3 Å². The van der Waals surface area contributed by atoms with Crippen molar-refractivity contribution in [2.75, 3.05) is 17.6 Å². The average Bonchev–Trinajstić information content (AvgIpc) is 2.73. The van der Waals surface area contributed by atoms with Gasteiger partial charge in [-0.2, -0.15) is 0 Å². The lowest BCUT2D eigenvalue weighted by Crippen LogP contribution is -2.24. The quantitative estimate of drug-likeness (QED) is 0.469. The Labute approximate surface area is 183 Å². The standard InChI is InChI=1S/C23H22F2N4O3/c1-3-27-22(31)19-9-14(11-28-21(19)26)18-5-4-17(6-12(18)2)29-23(32)20(30)13-7-15(24)10-16(25)8-13/h4-11,20,30H,3H2,1-2H3,(H2,26,28)(H,27,31)(H,29,32)/t20-/m1/s1. The minimum absolute atomic E-state index is 0.115. The monoisotopic (exact) mass is 440 g/mol. The maximum Gasteiger partial charge on any atom is 0.257 e. The zero-order valence-corrected chi connectivity index (χ0v) is 17.4. The molecule has 32 heavy (non-hydrogen) atoms. The number of amides is 2. The number of aliphatic hydroxyl groups excluding tert-OH is 1. The molecule has 3 aromatic rings. The van der Waals surface area contributed by atoms with Gasteiger partial charge in [0.05, 0.1) is 5.56 Å². The molecular weight excluding hydrogens is 418 g/mol. The summed E-state index contributed by atoms with van der Waals surface area (Å²) < 4.78 is 26.7. The second kappa shape index (κ2) is 9.52. The lowest BCUT2D eigenvalue weighted by Gasteiger charge is -2.14. The van der Waals surface area contributed by atoms with E-state index in [4.69, 9.17) is 5.73 Å². The molecule has 0 saturated heterocycles. The Balaban J connectivity index is 1.82. The highest BCUT2D eigenvalue weighted by Gasteiger charge is 2.20. The third-order valence-electron chi connectivity index (χ3n) is 4.75. The Morgan fingerprint density at radius 3 is 2.44 bits per heavy atom. The minimum Gasteiger partial charge on any atom is -0.383 e. The number of carbonyl (C=O) groups is 2. The summed E-state index contributed by atoms with van der Waals surface area (Å²) in [6.45, 7) is 4.04. The van der Waals surface area contributed by atoms with Crippen molar-refractivity contribution in [3.05, 3.63) is 77.0 Å². The first kappa shape index (κ1) is 22.8. The van der Waals surface area contributed by atoms with E-state index in [9.17, 15) is 23.5 Å². The van der Waals surface area contributed by atoms with Gasteiger partial charge in [0.15, 0.2) is 6.10 Å². The van der Waals surface area contributed by atoms with Gasteiger partial charge in [0, 0.05) is 30.1 Å². The van der Waals surface area contributed by atoms with Gasteiger partial charge in [0.25, 0.3) is 11.8 Å². The number of aryl methyl sites for hydroxylation is 1. The van der Waals surface area contributed by atoms with Gasteiger partial charge in [-0.25, -0.2) is 13.8 Å². The van der Waals surface area contributed by atoms with Gasteiger partial charge in [-0.1, -0.05) is 6.07 Å². The highest BCUT2D eigenvalue weighted by atomic mass is 19.1. The molecule has 0 aliphatic carbocycles. The Bertz CT molecular complexity index is 1160. The van der Waals surface area contributed by atoms with Crippen molar-refractivity contribution >= 4 is 23.3 Å². The molecule has 2 aromatic carbocycles. The van der Waals surface area contributed by atoms with Gasteiger partial charge in [-0.15, -0.1) is 0 Å². The molecule has 0 aliphatic heterocycles. The summed E-state index contributed by atoms with van der Waals surface area (Å²) >= 11 is 0. The summed E-state index contributed by atoms with van der Waals surface area (Å²) in [7, 11) is 0. The summed E-state index contributed by atoms with van der Waals surface area (Å²) in [5, 5.41) is 15.4. The largest absolute Gasteiger partial charge is 0.383 e. The molecular formula is C23H22F2N4O3. The highest BCUT2D eigenvalue weighted by molar-refractivity contribution is 5.99. The SMILES string of the molecule is CCNC(=O)c1cc(-c2ccc(NC(=O)[C@H](O)c3cc(F)cc(F)c3)cc2C)cnc1N. The van der Waals surface area contributed by atoms with Crippen LogP contribution >= 0.6 is 0 Å². The zero-order chi connectivity index (χ0) is 23.4. The fourth-order valence-corrected chi connectivity index (χ4v) is 3.22. The molecule has 0 unspecified atom stereocenters. The molecule has 9 heteroatoms. The van der Waals surface area contributed by atoms with E-state index in [0.29, 0.717) is 23.9 Å². The lowest BCUT2D eigenvalue weighted by atomic mass is 9.99. The first-order valence-corrected chi connectivity index (χ1v) is 9.79. The van der Waals surface area contributed by atoms with E-state index >= 15 is 0 Å². The van der Waals surface area contributed by atoms with Crippen molar-refractivity contribution < 1.29 is 23.5 Å². The topological polar surface area (TPSA) is 117 Å². The van der Waals surface area contributed by atoms with E-state index in [-0.39, 0.29) is 22.9 Å². The van der Waals surface area contributed by atoms with Gasteiger partial charge in [0.1, 0.15) is 17.5 Å². The Hall–Kier alpha value is -3.85. The van der Waals surface area contributed by atoms with Crippen molar-refractivity contribution in [1.29, 1.82) is 0 Å². The molecule has 1 heterocycles. The molecule has 0 bridgehead atoms. The average molecular weight is 440 g/mol. The fraction of sp³-hybridized carbons (Fsp3) is 0.174. The Kier molecular flexibility index (Phi) is 6.79. The third kappa shape index (κ3) is 5.06. The van der Waals surface area contributed by atoms with Crippen LogP contribution in [0.15, 0.2) is 48.7 Å². The number of nitrogens with zero attached hydrogens (tertiary/aromatic N) is 1. The van der Waals surface area contributed by atoms with Crippen molar-refractivity contribution in [3.8, 4) is 11.1 Å². The lowest BCUT2D eigenvalue weighted by molar-refractivity contribution is -0.124. The number of benzene rings is 2. The molecule has 3 rings (SSSR count). The molecule has 1 aromatic heterocycles. The molecule has 166 valence electrons. The number of anilines is 2. The summed E-state index contributed by atoms with van der Waals surface area (Å²) in [5.74, 6) is -2.84. The Morgan fingerprint density at radius 2 is 1.81 bits per heavy atom. The van der Waals surface area contributed by atoms with Crippen LogP contribution < -0.4 is 16.4 Å². The van der Waals surface area contributed by atoms with E-state index in [0.717, 1.165) is 23.3 Å². The van der Waals surface area contributed by atoms with Gasteiger partial charge in [0.2, 0.25) is 0 Å². The van der Waals surface area contributed by atoms with Crippen LogP contribution in [-0.2, 0) is 4.79 Å². The highest BCUT2D eigenvalue weighted by Crippen LogP contribution is 2.28. The van der Waals surface area contributed by atoms with Crippen LogP contribution in [0.3, 0.4) is 0 Å². The number of carbonyl (C=O) groups excluding carboxylic acids is 2. The molecule has 1 atom stereocenters. The van der Waals surface area contributed by atoms with Crippen LogP contribution in [0.1, 0.15) is 34.5 Å². The van der Waals surface area contributed by atoms with E-state index in [1.54, 1.807) is 44.3 Å². The first-order valence-electron chi connectivity index (χ1n) is 9.79. The minimum atomic E-state index is -1.75. The molecule has 0 fully saturated rings. The third-order valence-corrected chi connectivity index (χ3v) is 4.75. The van der Waals surface area contributed by atoms with Crippen LogP contribution in [0.25, 0.3) is 11.1 Å². The van der Waals surface area contributed by atoms with Gasteiger partial charge in [-0.05, 0) is 60.9 Å². The van der Waals surface area contributed by atoms with Crippen LogP contribution in [0.2, 0.25) is 0 Å². The summed E-state index contributed by atoms with van der Waals surface area (Å²) in [6.07, 6.45) is -0.206. The zero-order valence-electron chi connectivity index (χ0n) is 17.4. The molecule has 5 N–H and O–H groups in total. The van der Waals surface area contributed by atoms with E-state index in [1.807, 2.05) is 0 Å². The molecule has 2 amide bonds. The smallest absolute Gasteiger partial charge is 0.257 e. The van der Waals surface area contributed by atoms with Crippen LogP contribution in [-0.4, -0.2) is 28.4 Å². The number of aliphatic hydroxyl groups is 1. The predicted molar refractivity (Wildman–Crippen MR) is 117 cm³/mol. The first-order chi connectivity index (χ1) is 15.2. The summed E-state index contributed by atoms with van der Waals surface area (Å²) in [4.78, 5) is 28.6. The Morgan fingerprint density at radius 1 is 1.12 bits per heavy atom. The predicted octanol–water partition coefficient (Wildman–Crippen LogP) is 3.34. The van der Waals surface area contributed by atoms with Crippen LogP contribution in [0, 0.1) is 18.6 Å². The molecule has 7 nitrogen and oxygen atoms in total. The molecule has 0 aliphatic rings.